The van der Waals surface area contributed by atoms with E-state index < -0.39 is 10.0 Å². The number of nitrogens with one attached hydrogen (secondary N) is 1. The first kappa shape index (κ1) is 17.4. The van der Waals surface area contributed by atoms with E-state index in [1.165, 1.54) is 6.07 Å². The third-order valence-electron chi connectivity index (χ3n) is 2.79. The fourth-order valence-corrected chi connectivity index (χ4v) is 3.79. The predicted octanol–water partition coefficient (Wildman–Crippen LogP) is 2.29. The first-order chi connectivity index (χ1) is 9.44. The summed E-state index contributed by atoms with van der Waals surface area (Å²) in [6, 6.07) is 4.57. The lowest BCUT2D eigenvalue weighted by atomic mass is 10.2. The summed E-state index contributed by atoms with van der Waals surface area (Å²) < 4.78 is 33.5. The summed E-state index contributed by atoms with van der Waals surface area (Å²) in [6.07, 6.45) is 0.992. The third-order valence-corrected chi connectivity index (χ3v) is 4.82. The Kier molecular flexibility index (Phi) is 6.94. The number of hydrogen-bond donors (Lipinski definition) is 2. The number of aliphatic hydroxyl groups excluding tert-OH is 1. The van der Waals surface area contributed by atoms with E-state index in [1.54, 1.807) is 19.1 Å². The van der Waals surface area contributed by atoms with Crippen molar-refractivity contribution in [2.45, 2.75) is 37.6 Å². The summed E-state index contributed by atoms with van der Waals surface area (Å²) in [7, 11) is -3.69. The van der Waals surface area contributed by atoms with E-state index in [9.17, 15) is 8.42 Å². The fraction of sp³-hybridized carbons (Fsp3) is 0.538. The summed E-state index contributed by atoms with van der Waals surface area (Å²) in [4.78, 5) is 0.102. The van der Waals surface area contributed by atoms with Gasteiger partial charge in [-0.2, -0.15) is 0 Å². The van der Waals surface area contributed by atoms with E-state index in [0.29, 0.717) is 29.7 Å². The fourth-order valence-electron chi connectivity index (χ4n) is 1.75. The van der Waals surface area contributed by atoms with Gasteiger partial charge in [-0.1, -0.05) is 22.9 Å². The van der Waals surface area contributed by atoms with Crippen molar-refractivity contribution < 1.29 is 18.3 Å². The highest BCUT2D eigenvalue weighted by molar-refractivity contribution is 9.10. The lowest BCUT2D eigenvalue weighted by Gasteiger charge is -2.18. The molecule has 1 atom stereocenters. The maximum absolute atomic E-state index is 12.4. The molecule has 1 unspecified atom stereocenters. The lowest BCUT2D eigenvalue weighted by Crippen LogP contribution is -2.35. The number of ether oxygens (including phenoxy) is 1. The normalized spacial score (nSPS) is 13.2. The lowest BCUT2D eigenvalue weighted by molar-refractivity contribution is 0.270. The van der Waals surface area contributed by atoms with Gasteiger partial charge in [0.2, 0.25) is 10.0 Å². The smallest absolute Gasteiger partial charge is 0.244 e. The van der Waals surface area contributed by atoms with Crippen molar-refractivity contribution in [3.63, 3.8) is 0 Å². The Labute approximate surface area is 128 Å². The summed E-state index contributed by atoms with van der Waals surface area (Å²) in [5.74, 6) is 0.321. The Morgan fingerprint density at radius 3 is 2.65 bits per heavy atom. The minimum Gasteiger partial charge on any atom is -0.492 e. The highest BCUT2D eigenvalue weighted by atomic mass is 79.9. The van der Waals surface area contributed by atoms with Crippen LogP contribution in [0.4, 0.5) is 0 Å². The van der Waals surface area contributed by atoms with Gasteiger partial charge in [0.15, 0.2) is 0 Å². The Bertz CT molecular complexity index is 533. The molecule has 0 aliphatic rings. The maximum atomic E-state index is 12.4. The molecule has 5 nitrogen and oxygen atoms in total. The third kappa shape index (κ3) is 4.73. The second kappa shape index (κ2) is 7.97. The van der Waals surface area contributed by atoms with Gasteiger partial charge in [0.1, 0.15) is 10.6 Å². The van der Waals surface area contributed by atoms with Gasteiger partial charge in [0.25, 0.3) is 0 Å². The van der Waals surface area contributed by atoms with Crippen LogP contribution in [0.15, 0.2) is 27.6 Å². The van der Waals surface area contributed by atoms with Crippen molar-refractivity contribution in [1.82, 2.24) is 4.72 Å². The van der Waals surface area contributed by atoms with Crippen molar-refractivity contribution in [3.8, 4) is 5.75 Å². The number of rotatable bonds is 8. The van der Waals surface area contributed by atoms with E-state index >= 15 is 0 Å². The summed E-state index contributed by atoms with van der Waals surface area (Å²) in [6.45, 7) is 4.00. The van der Waals surface area contributed by atoms with Crippen LogP contribution in [0.2, 0.25) is 0 Å². The van der Waals surface area contributed by atoms with Crippen LogP contribution in [-0.2, 0) is 10.0 Å². The van der Waals surface area contributed by atoms with Crippen LogP contribution in [0.3, 0.4) is 0 Å². The Morgan fingerprint density at radius 2 is 2.10 bits per heavy atom. The minimum absolute atomic E-state index is 0.0577. The van der Waals surface area contributed by atoms with E-state index in [1.807, 2.05) is 6.92 Å². The molecule has 0 spiro atoms. The zero-order valence-corrected chi connectivity index (χ0v) is 14.0. The van der Waals surface area contributed by atoms with Crippen LogP contribution in [0.1, 0.15) is 26.7 Å². The van der Waals surface area contributed by atoms with Crippen LogP contribution in [0.5, 0.6) is 5.75 Å². The number of aliphatic hydroxyl groups is 1. The van der Waals surface area contributed by atoms with Crippen molar-refractivity contribution in [3.05, 3.63) is 22.7 Å². The van der Waals surface area contributed by atoms with E-state index in [4.69, 9.17) is 9.84 Å². The van der Waals surface area contributed by atoms with Crippen molar-refractivity contribution in [2.75, 3.05) is 13.2 Å². The molecular formula is C13H20BrNO4S. The molecule has 20 heavy (non-hydrogen) atoms. The van der Waals surface area contributed by atoms with Gasteiger partial charge in [-0.15, -0.1) is 0 Å². The van der Waals surface area contributed by atoms with E-state index in [-0.39, 0.29) is 17.5 Å². The number of hydrogen-bond acceptors (Lipinski definition) is 4. The second-order valence-electron chi connectivity index (χ2n) is 4.26. The molecule has 0 bridgehead atoms. The molecule has 2 N–H and O–H groups in total. The monoisotopic (exact) mass is 365 g/mol. The SMILES string of the molecule is CCOc1ccc(Br)cc1S(=O)(=O)NC(CC)CCO. The molecule has 1 aromatic carbocycles. The standard InChI is InChI=1S/C13H20BrNO4S/c1-3-11(7-8-16)15-20(17,18)13-9-10(14)5-6-12(13)19-4-2/h5-6,9,11,15-16H,3-4,7-8H2,1-2H3. The minimum atomic E-state index is -3.69. The van der Waals surface area contributed by atoms with Crippen LogP contribution < -0.4 is 9.46 Å². The first-order valence-corrected chi connectivity index (χ1v) is 8.77. The van der Waals surface area contributed by atoms with Crippen molar-refractivity contribution in [1.29, 1.82) is 0 Å². The summed E-state index contributed by atoms with van der Waals surface area (Å²) in [5, 5.41) is 8.95. The molecule has 0 heterocycles. The molecule has 0 aliphatic carbocycles. The van der Waals surface area contributed by atoms with Crippen molar-refractivity contribution >= 4 is 26.0 Å². The first-order valence-electron chi connectivity index (χ1n) is 6.50. The molecule has 1 aromatic rings. The topological polar surface area (TPSA) is 75.6 Å². The van der Waals surface area contributed by atoms with E-state index in [0.717, 1.165) is 0 Å². The molecule has 114 valence electrons. The summed E-state index contributed by atoms with van der Waals surface area (Å²) >= 11 is 3.27. The number of halogens is 1. The molecule has 0 saturated carbocycles. The quantitative estimate of drug-likeness (QED) is 0.740. The van der Waals surface area contributed by atoms with Gasteiger partial charge in [0.05, 0.1) is 6.61 Å². The van der Waals surface area contributed by atoms with Gasteiger partial charge in [0, 0.05) is 17.1 Å². The number of sulfonamides is 1. The average Bonchev–Trinajstić information content (AvgIpc) is 2.40. The van der Waals surface area contributed by atoms with Crippen LogP contribution in [0, 0.1) is 0 Å². The van der Waals surface area contributed by atoms with Crippen molar-refractivity contribution in [2.24, 2.45) is 0 Å². The molecule has 7 heteroatoms. The molecular weight excluding hydrogens is 346 g/mol. The van der Waals surface area contributed by atoms with Gasteiger partial charge < -0.3 is 9.84 Å². The Hall–Kier alpha value is -0.630. The van der Waals surface area contributed by atoms with Crippen LogP contribution >= 0.6 is 15.9 Å². The molecule has 0 fully saturated rings. The molecule has 0 radical (unpaired) electrons. The van der Waals surface area contributed by atoms with Crippen LogP contribution in [0.25, 0.3) is 0 Å². The maximum Gasteiger partial charge on any atom is 0.244 e. The van der Waals surface area contributed by atoms with Gasteiger partial charge in [-0.25, -0.2) is 13.1 Å². The van der Waals surface area contributed by atoms with Crippen LogP contribution in [-0.4, -0.2) is 32.8 Å². The molecule has 1 rings (SSSR count). The molecule has 0 saturated heterocycles. The van der Waals surface area contributed by atoms with Gasteiger partial charge in [-0.3, -0.25) is 0 Å². The largest absolute Gasteiger partial charge is 0.492 e. The number of benzene rings is 1. The Balaban J connectivity index is 3.10. The molecule has 0 amide bonds. The average molecular weight is 366 g/mol. The highest BCUT2D eigenvalue weighted by Gasteiger charge is 2.23. The Morgan fingerprint density at radius 1 is 1.40 bits per heavy atom. The molecule has 0 aromatic heterocycles. The zero-order valence-electron chi connectivity index (χ0n) is 11.6. The summed E-state index contributed by atoms with van der Waals surface area (Å²) in [5.41, 5.74) is 0. The second-order valence-corrected chi connectivity index (χ2v) is 6.86. The highest BCUT2D eigenvalue weighted by Crippen LogP contribution is 2.27. The van der Waals surface area contributed by atoms with Gasteiger partial charge in [-0.05, 0) is 38.0 Å². The van der Waals surface area contributed by atoms with Gasteiger partial charge >= 0.3 is 0 Å². The predicted molar refractivity (Wildman–Crippen MR) is 81.4 cm³/mol. The zero-order chi connectivity index (χ0) is 15.2. The molecule has 0 aliphatic heterocycles. The van der Waals surface area contributed by atoms with E-state index in [2.05, 4.69) is 20.7 Å².